The fourth-order valence-electron chi connectivity index (χ4n) is 2.94. The number of rotatable bonds is 3. The summed E-state index contributed by atoms with van der Waals surface area (Å²) in [6, 6.07) is 3.57. The van der Waals surface area contributed by atoms with Gasteiger partial charge in [-0.1, -0.05) is 0 Å². The van der Waals surface area contributed by atoms with Crippen molar-refractivity contribution in [2.45, 2.75) is 38.1 Å². The molecule has 0 aromatic carbocycles. The van der Waals surface area contributed by atoms with E-state index in [9.17, 15) is 9.59 Å². The molecule has 0 spiro atoms. The van der Waals surface area contributed by atoms with Crippen LogP contribution in [0.15, 0.2) is 12.1 Å². The highest BCUT2D eigenvalue weighted by molar-refractivity contribution is 7.12. The summed E-state index contributed by atoms with van der Waals surface area (Å²) in [7, 11) is 0. The third-order valence-corrected chi connectivity index (χ3v) is 5.19. The van der Waals surface area contributed by atoms with Crippen molar-refractivity contribution < 1.29 is 14.7 Å². The van der Waals surface area contributed by atoms with Crippen molar-refractivity contribution in [1.82, 2.24) is 4.90 Å². The van der Waals surface area contributed by atoms with Crippen LogP contribution < -0.4 is 0 Å². The standard InChI is InChI=1S/C14H17NO3S/c1-8-4-5-12(19-8)9-7-10(9)13(16)15-6-2-3-11(15)14(17)18/h4-5,9-11H,2-3,6-7H2,1H3,(H,17,18)/t9-,10+,11-/m1/s1. The Kier molecular flexibility index (Phi) is 3.09. The van der Waals surface area contributed by atoms with Gasteiger partial charge in [-0.2, -0.15) is 0 Å². The fourth-order valence-corrected chi connectivity index (χ4v) is 3.99. The summed E-state index contributed by atoms with van der Waals surface area (Å²) >= 11 is 1.74. The molecule has 0 radical (unpaired) electrons. The number of aryl methyl sites for hydroxylation is 1. The van der Waals surface area contributed by atoms with Crippen LogP contribution in [-0.4, -0.2) is 34.5 Å². The van der Waals surface area contributed by atoms with Gasteiger partial charge in [-0.05, 0) is 38.3 Å². The van der Waals surface area contributed by atoms with Gasteiger partial charge in [0.1, 0.15) is 6.04 Å². The molecule has 1 aliphatic heterocycles. The van der Waals surface area contributed by atoms with Gasteiger partial charge in [-0.15, -0.1) is 11.3 Å². The lowest BCUT2D eigenvalue weighted by Gasteiger charge is -2.21. The van der Waals surface area contributed by atoms with Crippen LogP contribution in [-0.2, 0) is 9.59 Å². The van der Waals surface area contributed by atoms with E-state index >= 15 is 0 Å². The van der Waals surface area contributed by atoms with Crippen LogP contribution in [0.2, 0.25) is 0 Å². The molecule has 1 aliphatic carbocycles. The molecule has 1 N–H and O–H groups in total. The van der Waals surface area contributed by atoms with E-state index in [0.29, 0.717) is 18.9 Å². The number of hydrogen-bond donors (Lipinski definition) is 1. The first-order valence-corrected chi connectivity index (χ1v) is 7.49. The zero-order valence-electron chi connectivity index (χ0n) is 10.8. The van der Waals surface area contributed by atoms with Gasteiger partial charge in [0.05, 0.1) is 0 Å². The predicted molar refractivity (Wildman–Crippen MR) is 72.3 cm³/mol. The average Bonchev–Trinajstić information content (AvgIpc) is 2.82. The van der Waals surface area contributed by atoms with Gasteiger partial charge in [0, 0.05) is 28.1 Å². The molecule has 19 heavy (non-hydrogen) atoms. The van der Waals surface area contributed by atoms with Gasteiger partial charge < -0.3 is 10.0 Å². The zero-order chi connectivity index (χ0) is 13.6. The van der Waals surface area contributed by atoms with Crippen molar-refractivity contribution in [3.8, 4) is 0 Å². The van der Waals surface area contributed by atoms with Crippen molar-refractivity contribution in [3.05, 3.63) is 21.9 Å². The van der Waals surface area contributed by atoms with E-state index in [2.05, 4.69) is 19.1 Å². The second-order valence-electron chi connectivity index (χ2n) is 5.42. The topological polar surface area (TPSA) is 57.6 Å². The maximum atomic E-state index is 12.4. The highest BCUT2D eigenvalue weighted by atomic mass is 32.1. The van der Waals surface area contributed by atoms with E-state index in [1.807, 2.05) is 0 Å². The van der Waals surface area contributed by atoms with Crippen LogP contribution in [0.4, 0.5) is 0 Å². The SMILES string of the molecule is Cc1ccc([C@@H]2C[C@@H]2C(=O)N2CCC[C@@H]2C(=O)O)s1. The molecular formula is C14H17NO3S. The van der Waals surface area contributed by atoms with E-state index in [4.69, 9.17) is 5.11 Å². The van der Waals surface area contributed by atoms with Gasteiger partial charge in [0.2, 0.25) is 5.91 Å². The summed E-state index contributed by atoms with van der Waals surface area (Å²) in [6.45, 7) is 2.66. The third kappa shape index (κ3) is 2.27. The van der Waals surface area contributed by atoms with Crippen LogP contribution >= 0.6 is 11.3 Å². The van der Waals surface area contributed by atoms with Crippen molar-refractivity contribution in [2.75, 3.05) is 6.54 Å². The lowest BCUT2D eigenvalue weighted by molar-refractivity contribution is -0.148. The molecule has 0 bridgehead atoms. The minimum absolute atomic E-state index is 0.0120. The first-order valence-electron chi connectivity index (χ1n) is 6.67. The van der Waals surface area contributed by atoms with Gasteiger partial charge in [0.25, 0.3) is 0 Å². The molecule has 1 amide bonds. The Hall–Kier alpha value is -1.36. The summed E-state index contributed by atoms with van der Waals surface area (Å²) in [6.07, 6.45) is 2.27. The number of carboxylic acids is 1. The molecule has 2 heterocycles. The quantitative estimate of drug-likeness (QED) is 0.923. The Balaban J connectivity index is 1.68. The smallest absolute Gasteiger partial charge is 0.326 e. The monoisotopic (exact) mass is 279 g/mol. The van der Waals surface area contributed by atoms with Crippen molar-refractivity contribution in [2.24, 2.45) is 5.92 Å². The molecule has 1 aromatic rings. The highest BCUT2D eigenvalue weighted by Gasteiger charge is 2.49. The first-order chi connectivity index (χ1) is 9.08. The normalized spacial score (nSPS) is 29.5. The van der Waals surface area contributed by atoms with Crippen LogP contribution in [0.5, 0.6) is 0 Å². The van der Waals surface area contributed by atoms with E-state index in [0.717, 1.165) is 12.8 Å². The summed E-state index contributed by atoms with van der Waals surface area (Å²) in [4.78, 5) is 27.6. The van der Waals surface area contributed by atoms with Crippen LogP contribution in [0, 0.1) is 12.8 Å². The highest BCUT2D eigenvalue weighted by Crippen LogP contribution is 2.51. The van der Waals surface area contributed by atoms with Gasteiger partial charge in [-0.25, -0.2) is 4.79 Å². The van der Waals surface area contributed by atoms with Crippen molar-refractivity contribution in [1.29, 1.82) is 0 Å². The average molecular weight is 279 g/mol. The molecule has 5 heteroatoms. The summed E-state index contributed by atoms with van der Waals surface area (Å²) < 4.78 is 0. The lowest BCUT2D eigenvalue weighted by atomic mass is 10.2. The van der Waals surface area contributed by atoms with Crippen molar-refractivity contribution in [3.63, 3.8) is 0 Å². The van der Waals surface area contributed by atoms with Gasteiger partial charge in [-0.3, -0.25) is 4.79 Å². The van der Waals surface area contributed by atoms with E-state index in [1.54, 1.807) is 16.2 Å². The number of thiophene rings is 1. The molecule has 1 saturated carbocycles. The Morgan fingerprint density at radius 1 is 1.42 bits per heavy atom. The van der Waals surface area contributed by atoms with Crippen LogP contribution in [0.25, 0.3) is 0 Å². The summed E-state index contributed by atoms with van der Waals surface area (Å²) in [5, 5.41) is 9.13. The molecule has 3 atom stereocenters. The van der Waals surface area contributed by atoms with Crippen molar-refractivity contribution >= 4 is 23.2 Å². The maximum Gasteiger partial charge on any atom is 0.326 e. The number of carbonyl (C=O) groups is 2. The zero-order valence-corrected chi connectivity index (χ0v) is 11.7. The Labute approximate surface area is 116 Å². The predicted octanol–water partition coefficient (Wildman–Crippen LogP) is 2.24. The molecule has 102 valence electrons. The second kappa shape index (κ2) is 4.63. The number of carbonyl (C=O) groups excluding carboxylic acids is 1. The number of amides is 1. The Morgan fingerprint density at radius 2 is 2.21 bits per heavy atom. The second-order valence-corrected chi connectivity index (χ2v) is 6.74. The van der Waals surface area contributed by atoms with Crippen LogP contribution in [0.3, 0.4) is 0 Å². The molecule has 2 aliphatic rings. The fraction of sp³-hybridized carbons (Fsp3) is 0.571. The molecular weight excluding hydrogens is 262 g/mol. The van der Waals surface area contributed by atoms with Crippen LogP contribution in [0.1, 0.15) is 34.9 Å². The molecule has 0 unspecified atom stereocenters. The maximum absolute atomic E-state index is 12.4. The number of hydrogen-bond acceptors (Lipinski definition) is 3. The number of nitrogens with zero attached hydrogens (tertiary/aromatic N) is 1. The number of carboxylic acid groups (broad SMARTS) is 1. The van der Waals surface area contributed by atoms with E-state index in [-0.39, 0.29) is 11.8 Å². The molecule has 2 fully saturated rings. The molecule has 1 saturated heterocycles. The Bertz CT molecular complexity index is 525. The third-order valence-electron chi connectivity index (χ3n) is 4.06. The number of likely N-dealkylation sites (tertiary alicyclic amines) is 1. The summed E-state index contributed by atoms with van der Waals surface area (Å²) in [5.74, 6) is -0.491. The summed E-state index contributed by atoms with van der Waals surface area (Å²) in [5.41, 5.74) is 0. The van der Waals surface area contributed by atoms with Gasteiger partial charge in [0.15, 0.2) is 0 Å². The molecule has 1 aromatic heterocycles. The van der Waals surface area contributed by atoms with E-state index < -0.39 is 12.0 Å². The molecule has 4 nitrogen and oxygen atoms in total. The minimum Gasteiger partial charge on any atom is -0.480 e. The largest absolute Gasteiger partial charge is 0.480 e. The minimum atomic E-state index is -0.866. The Morgan fingerprint density at radius 3 is 2.84 bits per heavy atom. The number of aliphatic carboxylic acids is 1. The van der Waals surface area contributed by atoms with E-state index in [1.165, 1.54) is 9.75 Å². The first kappa shape index (κ1) is 12.7. The van der Waals surface area contributed by atoms with Gasteiger partial charge >= 0.3 is 5.97 Å². The lowest BCUT2D eigenvalue weighted by Crippen LogP contribution is -2.41. The molecule has 3 rings (SSSR count).